The second-order valence-electron chi connectivity index (χ2n) is 3.53. The number of terminal acetylenes is 1. The molecule has 0 N–H and O–H groups in total. The molecule has 1 saturated carbocycles. The third kappa shape index (κ3) is 2.48. The van der Waals surface area contributed by atoms with Crippen molar-refractivity contribution in [2.24, 2.45) is 0 Å². The summed E-state index contributed by atoms with van der Waals surface area (Å²) in [6.07, 6.45) is 10.8. The van der Waals surface area contributed by atoms with Crippen LogP contribution in [0.4, 0.5) is 0 Å². The second-order valence-corrected chi connectivity index (χ2v) is 3.53. The fraction of sp³-hybridized carbons (Fsp3) is 0.727. The zero-order chi connectivity index (χ0) is 9.73. The molecule has 0 heterocycles. The molecular weight excluding hydrogens is 164 g/mol. The molecular formula is C11H16O2. The normalized spacial score (nSPS) is 20.3. The number of hydrogen-bond donors (Lipinski definition) is 0. The molecule has 0 saturated heterocycles. The molecule has 1 rings (SSSR count). The SMILES string of the molecule is C#CC1(OC(=O)CC)CCCCC1. The quantitative estimate of drug-likeness (QED) is 0.481. The molecule has 0 aromatic rings. The maximum Gasteiger partial charge on any atom is 0.307 e. The molecule has 0 aromatic heterocycles. The van der Waals surface area contributed by atoms with Crippen molar-refractivity contribution >= 4 is 5.97 Å². The van der Waals surface area contributed by atoms with Crippen molar-refractivity contribution in [2.75, 3.05) is 0 Å². The van der Waals surface area contributed by atoms with Gasteiger partial charge in [0, 0.05) is 6.42 Å². The molecule has 0 spiro atoms. The topological polar surface area (TPSA) is 26.3 Å². The Morgan fingerprint density at radius 2 is 2.08 bits per heavy atom. The molecule has 13 heavy (non-hydrogen) atoms. The summed E-state index contributed by atoms with van der Waals surface area (Å²) in [5, 5.41) is 0. The van der Waals surface area contributed by atoms with Crippen LogP contribution in [0.15, 0.2) is 0 Å². The Balaban J connectivity index is 2.59. The van der Waals surface area contributed by atoms with Crippen LogP contribution in [0.1, 0.15) is 45.4 Å². The zero-order valence-corrected chi connectivity index (χ0v) is 8.14. The molecule has 2 heteroatoms. The zero-order valence-electron chi connectivity index (χ0n) is 8.14. The van der Waals surface area contributed by atoms with Crippen LogP contribution in [0.3, 0.4) is 0 Å². The van der Waals surface area contributed by atoms with Gasteiger partial charge in [0.15, 0.2) is 5.60 Å². The van der Waals surface area contributed by atoms with Crippen LogP contribution in [0.2, 0.25) is 0 Å². The lowest BCUT2D eigenvalue weighted by Crippen LogP contribution is -2.35. The maximum atomic E-state index is 11.1. The average molecular weight is 180 g/mol. The standard InChI is InChI=1S/C11H16O2/c1-3-10(12)13-11(4-2)8-6-5-7-9-11/h2H,3,5-9H2,1H3. The van der Waals surface area contributed by atoms with Crippen LogP contribution in [0.5, 0.6) is 0 Å². The van der Waals surface area contributed by atoms with E-state index in [1.807, 2.05) is 0 Å². The van der Waals surface area contributed by atoms with E-state index in [9.17, 15) is 4.79 Å². The first-order valence-corrected chi connectivity index (χ1v) is 4.92. The Bertz CT molecular complexity index is 219. The summed E-state index contributed by atoms with van der Waals surface area (Å²) in [5.74, 6) is 2.46. The summed E-state index contributed by atoms with van der Waals surface area (Å²) in [5.41, 5.74) is -0.578. The number of rotatable bonds is 2. The van der Waals surface area contributed by atoms with Crippen LogP contribution in [-0.4, -0.2) is 11.6 Å². The predicted octanol–water partition coefficient (Wildman–Crippen LogP) is 2.28. The third-order valence-electron chi connectivity index (χ3n) is 2.52. The average Bonchev–Trinajstić information content (AvgIpc) is 2.19. The smallest absolute Gasteiger partial charge is 0.307 e. The number of esters is 1. The Morgan fingerprint density at radius 1 is 1.46 bits per heavy atom. The van der Waals surface area contributed by atoms with Crippen LogP contribution >= 0.6 is 0 Å². The van der Waals surface area contributed by atoms with E-state index in [-0.39, 0.29) is 5.97 Å². The van der Waals surface area contributed by atoms with Crippen molar-refractivity contribution in [3.63, 3.8) is 0 Å². The number of carbonyl (C=O) groups excluding carboxylic acids is 1. The number of carbonyl (C=O) groups is 1. The Labute approximate surface area is 79.7 Å². The Kier molecular flexibility index (Phi) is 3.36. The Morgan fingerprint density at radius 3 is 2.54 bits per heavy atom. The van der Waals surface area contributed by atoms with E-state index in [2.05, 4.69) is 5.92 Å². The van der Waals surface area contributed by atoms with Gasteiger partial charge in [-0.25, -0.2) is 0 Å². The summed E-state index contributed by atoms with van der Waals surface area (Å²) >= 11 is 0. The van der Waals surface area contributed by atoms with Gasteiger partial charge in [0.1, 0.15) is 0 Å². The number of hydrogen-bond acceptors (Lipinski definition) is 2. The van der Waals surface area contributed by atoms with Gasteiger partial charge in [-0.05, 0) is 25.7 Å². The lowest BCUT2D eigenvalue weighted by molar-refractivity contribution is -0.156. The van der Waals surface area contributed by atoms with E-state index in [1.165, 1.54) is 6.42 Å². The summed E-state index contributed by atoms with van der Waals surface area (Å²) in [6.45, 7) is 1.79. The molecule has 0 aliphatic heterocycles. The third-order valence-corrected chi connectivity index (χ3v) is 2.52. The van der Waals surface area contributed by atoms with Gasteiger partial charge in [0.05, 0.1) is 0 Å². The molecule has 0 unspecified atom stereocenters. The molecule has 1 aliphatic rings. The summed E-state index contributed by atoms with van der Waals surface area (Å²) < 4.78 is 5.30. The highest BCUT2D eigenvalue weighted by Crippen LogP contribution is 2.31. The lowest BCUT2D eigenvalue weighted by Gasteiger charge is -2.31. The van der Waals surface area contributed by atoms with Crippen molar-refractivity contribution in [3.05, 3.63) is 0 Å². The van der Waals surface area contributed by atoms with E-state index in [4.69, 9.17) is 11.2 Å². The monoisotopic (exact) mass is 180 g/mol. The van der Waals surface area contributed by atoms with Crippen LogP contribution in [0, 0.1) is 12.3 Å². The molecule has 72 valence electrons. The summed E-state index contributed by atoms with van der Waals surface area (Å²) in [4.78, 5) is 11.1. The Hall–Kier alpha value is -0.970. The van der Waals surface area contributed by atoms with E-state index in [0.29, 0.717) is 6.42 Å². The fourth-order valence-electron chi connectivity index (χ4n) is 1.69. The minimum absolute atomic E-state index is 0.181. The first-order valence-electron chi connectivity index (χ1n) is 4.92. The minimum atomic E-state index is -0.578. The van der Waals surface area contributed by atoms with Gasteiger partial charge in [0.2, 0.25) is 0 Å². The molecule has 0 aromatic carbocycles. The van der Waals surface area contributed by atoms with Gasteiger partial charge in [0.25, 0.3) is 0 Å². The molecule has 1 aliphatic carbocycles. The van der Waals surface area contributed by atoms with E-state index >= 15 is 0 Å². The highest BCUT2D eigenvalue weighted by atomic mass is 16.6. The minimum Gasteiger partial charge on any atom is -0.446 e. The van der Waals surface area contributed by atoms with Crippen molar-refractivity contribution in [3.8, 4) is 12.3 Å². The van der Waals surface area contributed by atoms with Gasteiger partial charge < -0.3 is 4.74 Å². The molecule has 1 fully saturated rings. The largest absolute Gasteiger partial charge is 0.446 e. The van der Waals surface area contributed by atoms with Crippen LogP contribution < -0.4 is 0 Å². The van der Waals surface area contributed by atoms with Crippen molar-refractivity contribution in [2.45, 2.75) is 51.0 Å². The first kappa shape index (κ1) is 10.1. The molecule has 0 atom stereocenters. The fourth-order valence-corrected chi connectivity index (χ4v) is 1.69. The van der Waals surface area contributed by atoms with E-state index in [1.54, 1.807) is 6.92 Å². The van der Waals surface area contributed by atoms with Crippen LogP contribution in [-0.2, 0) is 9.53 Å². The van der Waals surface area contributed by atoms with Crippen molar-refractivity contribution < 1.29 is 9.53 Å². The van der Waals surface area contributed by atoms with Gasteiger partial charge in [-0.15, -0.1) is 6.42 Å². The predicted molar refractivity (Wildman–Crippen MR) is 51.0 cm³/mol. The van der Waals surface area contributed by atoms with Crippen LogP contribution in [0.25, 0.3) is 0 Å². The van der Waals surface area contributed by atoms with Crippen molar-refractivity contribution in [1.82, 2.24) is 0 Å². The van der Waals surface area contributed by atoms with Gasteiger partial charge >= 0.3 is 5.97 Å². The summed E-state index contributed by atoms with van der Waals surface area (Å²) in [6, 6.07) is 0. The molecule has 0 radical (unpaired) electrons. The van der Waals surface area contributed by atoms with E-state index < -0.39 is 5.60 Å². The highest BCUT2D eigenvalue weighted by molar-refractivity contribution is 5.69. The highest BCUT2D eigenvalue weighted by Gasteiger charge is 2.33. The molecule has 0 bridgehead atoms. The van der Waals surface area contributed by atoms with Gasteiger partial charge in [-0.3, -0.25) is 4.79 Å². The van der Waals surface area contributed by atoms with Gasteiger partial charge in [-0.1, -0.05) is 19.3 Å². The lowest BCUT2D eigenvalue weighted by atomic mass is 9.85. The molecule has 2 nitrogen and oxygen atoms in total. The molecule has 0 amide bonds. The second kappa shape index (κ2) is 4.32. The maximum absolute atomic E-state index is 11.1. The van der Waals surface area contributed by atoms with E-state index in [0.717, 1.165) is 25.7 Å². The first-order chi connectivity index (χ1) is 6.22. The van der Waals surface area contributed by atoms with Crippen molar-refractivity contribution in [1.29, 1.82) is 0 Å². The summed E-state index contributed by atoms with van der Waals surface area (Å²) in [7, 11) is 0. The van der Waals surface area contributed by atoms with Gasteiger partial charge in [-0.2, -0.15) is 0 Å². The number of ether oxygens (including phenoxy) is 1.